The van der Waals surface area contributed by atoms with E-state index in [0.29, 0.717) is 29.4 Å². The fourth-order valence-corrected chi connectivity index (χ4v) is 4.54. The maximum atomic E-state index is 13.4. The van der Waals surface area contributed by atoms with Crippen molar-refractivity contribution >= 4 is 50.8 Å². The average Bonchev–Trinajstić information content (AvgIpc) is 3.34. The number of amides is 2. The SMILES string of the molecule is NC(=O)c1ccc2[nH]c(C(=O)N3C[C@@H](CCl)c4c3cc(O)c3ccccc43)cc2c1. The molecule has 1 atom stereocenters. The molecule has 0 radical (unpaired) electrons. The number of rotatable bonds is 3. The second-order valence-electron chi connectivity index (χ2n) is 7.49. The summed E-state index contributed by atoms with van der Waals surface area (Å²) in [6.45, 7) is 0.424. The zero-order valence-electron chi connectivity index (χ0n) is 15.9. The molecule has 5 rings (SSSR count). The number of hydrogen-bond acceptors (Lipinski definition) is 3. The van der Waals surface area contributed by atoms with Gasteiger partial charge in [0.15, 0.2) is 0 Å². The van der Waals surface area contributed by atoms with Gasteiger partial charge >= 0.3 is 0 Å². The summed E-state index contributed by atoms with van der Waals surface area (Å²) >= 11 is 6.25. The van der Waals surface area contributed by atoms with Gasteiger partial charge in [-0.3, -0.25) is 9.59 Å². The summed E-state index contributed by atoms with van der Waals surface area (Å²) in [5, 5.41) is 12.9. The molecule has 0 saturated carbocycles. The normalized spacial score (nSPS) is 15.6. The topological polar surface area (TPSA) is 99.4 Å². The van der Waals surface area contributed by atoms with Crippen molar-refractivity contribution in [3.63, 3.8) is 0 Å². The molecule has 1 aliphatic heterocycles. The molecule has 3 aromatic carbocycles. The number of phenolic OH excluding ortho intramolecular Hbond substituents is 1. The fourth-order valence-electron chi connectivity index (χ4n) is 4.29. The van der Waals surface area contributed by atoms with Crippen molar-refractivity contribution in [3.05, 3.63) is 71.4 Å². The monoisotopic (exact) mass is 419 g/mol. The van der Waals surface area contributed by atoms with Crippen LogP contribution in [0.4, 0.5) is 5.69 Å². The molecule has 0 saturated heterocycles. The molecule has 2 amide bonds. The van der Waals surface area contributed by atoms with Crippen LogP contribution in [0.25, 0.3) is 21.7 Å². The number of aromatic nitrogens is 1. The Bertz CT molecular complexity index is 1340. The van der Waals surface area contributed by atoms with Gasteiger partial charge in [-0.05, 0) is 35.2 Å². The third-order valence-corrected chi connectivity index (χ3v) is 6.08. The summed E-state index contributed by atoms with van der Waals surface area (Å²) in [6, 6.07) is 15.9. The molecule has 0 bridgehead atoms. The van der Waals surface area contributed by atoms with Crippen LogP contribution >= 0.6 is 11.6 Å². The summed E-state index contributed by atoms with van der Waals surface area (Å²) in [6.07, 6.45) is 0. The number of anilines is 1. The number of carbonyl (C=O) groups excluding carboxylic acids is 2. The van der Waals surface area contributed by atoms with Crippen LogP contribution in [0.15, 0.2) is 54.6 Å². The highest BCUT2D eigenvalue weighted by atomic mass is 35.5. The largest absolute Gasteiger partial charge is 0.507 e. The number of nitrogens with one attached hydrogen (secondary N) is 1. The highest BCUT2D eigenvalue weighted by Gasteiger charge is 2.35. The van der Waals surface area contributed by atoms with Gasteiger partial charge in [0.2, 0.25) is 5.91 Å². The molecular weight excluding hydrogens is 402 g/mol. The standard InChI is InChI=1S/C23H18ClN3O3/c24-10-14-11-27(19-9-20(28)15-3-1-2-4-16(15)21(14)19)23(30)18-8-13-7-12(22(25)29)5-6-17(13)26-18/h1-9,14,26,28H,10-11H2,(H2,25,29)/t14-/m1/s1. The maximum Gasteiger partial charge on any atom is 0.274 e. The van der Waals surface area contributed by atoms with E-state index in [2.05, 4.69) is 4.98 Å². The van der Waals surface area contributed by atoms with Gasteiger partial charge in [0.1, 0.15) is 11.4 Å². The van der Waals surface area contributed by atoms with E-state index in [4.69, 9.17) is 17.3 Å². The average molecular weight is 420 g/mol. The first-order valence-electron chi connectivity index (χ1n) is 9.53. The van der Waals surface area contributed by atoms with E-state index >= 15 is 0 Å². The van der Waals surface area contributed by atoms with Crippen molar-refractivity contribution < 1.29 is 14.7 Å². The Morgan fingerprint density at radius 2 is 1.90 bits per heavy atom. The highest BCUT2D eigenvalue weighted by molar-refractivity contribution is 6.19. The summed E-state index contributed by atoms with van der Waals surface area (Å²) in [7, 11) is 0. The van der Waals surface area contributed by atoms with E-state index < -0.39 is 5.91 Å². The molecule has 4 aromatic rings. The number of aromatic hydroxyl groups is 1. The number of nitrogens with zero attached hydrogens (tertiary/aromatic N) is 1. The van der Waals surface area contributed by atoms with Crippen molar-refractivity contribution in [2.45, 2.75) is 5.92 Å². The molecule has 150 valence electrons. The van der Waals surface area contributed by atoms with Gasteiger partial charge in [-0.15, -0.1) is 11.6 Å². The van der Waals surface area contributed by atoms with E-state index in [1.165, 1.54) is 0 Å². The summed E-state index contributed by atoms with van der Waals surface area (Å²) < 4.78 is 0. The van der Waals surface area contributed by atoms with Crippen molar-refractivity contribution in [3.8, 4) is 5.75 Å². The third-order valence-electron chi connectivity index (χ3n) is 5.71. The lowest BCUT2D eigenvalue weighted by molar-refractivity contribution is 0.0981. The smallest absolute Gasteiger partial charge is 0.274 e. The third kappa shape index (κ3) is 2.72. The number of phenols is 1. The molecule has 30 heavy (non-hydrogen) atoms. The predicted molar refractivity (Wildman–Crippen MR) is 118 cm³/mol. The minimum atomic E-state index is -0.522. The number of nitrogens with two attached hydrogens (primary N) is 1. The van der Waals surface area contributed by atoms with E-state index in [-0.39, 0.29) is 17.6 Å². The Morgan fingerprint density at radius 1 is 1.13 bits per heavy atom. The van der Waals surface area contributed by atoms with Crippen LogP contribution in [0.2, 0.25) is 0 Å². The first kappa shape index (κ1) is 18.5. The molecule has 2 heterocycles. The number of hydrogen-bond donors (Lipinski definition) is 3. The Kier molecular flexibility index (Phi) is 4.18. The van der Waals surface area contributed by atoms with Crippen molar-refractivity contribution in [1.29, 1.82) is 0 Å². The van der Waals surface area contributed by atoms with Crippen molar-refractivity contribution in [2.24, 2.45) is 5.73 Å². The summed E-state index contributed by atoms with van der Waals surface area (Å²) in [5.74, 6) is -0.301. The summed E-state index contributed by atoms with van der Waals surface area (Å²) in [4.78, 5) is 29.6. The second kappa shape index (κ2) is 6.78. The number of H-pyrrole nitrogens is 1. The van der Waals surface area contributed by atoms with Crippen LogP contribution in [0.3, 0.4) is 0 Å². The van der Waals surface area contributed by atoms with Gasteiger partial charge in [-0.1, -0.05) is 24.3 Å². The lowest BCUT2D eigenvalue weighted by Crippen LogP contribution is -2.30. The molecule has 1 aromatic heterocycles. The van der Waals surface area contributed by atoms with Crippen LogP contribution in [-0.4, -0.2) is 34.3 Å². The number of aromatic amines is 1. The van der Waals surface area contributed by atoms with E-state index in [1.807, 2.05) is 24.3 Å². The van der Waals surface area contributed by atoms with Crippen molar-refractivity contribution in [2.75, 3.05) is 17.3 Å². The lowest BCUT2D eigenvalue weighted by Gasteiger charge is -2.17. The minimum Gasteiger partial charge on any atom is -0.507 e. The number of halogens is 1. The number of carbonyl (C=O) groups is 2. The van der Waals surface area contributed by atoms with Gasteiger partial charge in [-0.2, -0.15) is 0 Å². The van der Waals surface area contributed by atoms with Crippen LogP contribution in [0.5, 0.6) is 5.75 Å². The van der Waals surface area contributed by atoms with E-state index in [9.17, 15) is 14.7 Å². The molecule has 1 aliphatic rings. The first-order valence-corrected chi connectivity index (χ1v) is 10.1. The van der Waals surface area contributed by atoms with Gasteiger partial charge in [-0.25, -0.2) is 0 Å². The number of alkyl halides is 1. The zero-order chi connectivity index (χ0) is 21.0. The Labute approximate surface area is 176 Å². The van der Waals surface area contributed by atoms with Gasteiger partial charge in [0, 0.05) is 46.3 Å². The van der Waals surface area contributed by atoms with Crippen LogP contribution < -0.4 is 10.6 Å². The minimum absolute atomic E-state index is 0.0399. The molecule has 0 aliphatic carbocycles. The molecule has 4 N–H and O–H groups in total. The molecule has 6 nitrogen and oxygen atoms in total. The van der Waals surface area contributed by atoms with Gasteiger partial charge in [0.25, 0.3) is 5.91 Å². The molecular formula is C23H18ClN3O3. The van der Waals surface area contributed by atoms with Gasteiger partial charge < -0.3 is 20.7 Å². The number of fused-ring (bicyclic) bond motifs is 4. The Hall–Kier alpha value is -3.51. The maximum absolute atomic E-state index is 13.4. The second-order valence-corrected chi connectivity index (χ2v) is 7.80. The predicted octanol–water partition coefficient (Wildman–Crippen LogP) is 4.11. The molecule has 7 heteroatoms. The fraction of sp³-hybridized carbons (Fsp3) is 0.130. The highest BCUT2D eigenvalue weighted by Crippen LogP contribution is 2.45. The molecule has 0 unspecified atom stereocenters. The van der Waals surface area contributed by atoms with Gasteiger partial charge in [0.05, 0.1) is 5.69 Å². The number of primary amides is 1. The molecule has 0 fully saturated rings. The zero-order valence-corrected chi connectivity index (χ0v) is 16.6. The van der Waals surface area contributed by atoms with Crippen LogP contribution in [-0.2, 0) is 0 Å². The van der Waals surface area contributed by atoms with E-state index in [1.54, 1.807) is 35.2 Å². The quantitative estimate of drug-likeness (QED) is 0.436. The first-order chi connectivity index (χ1) is 14.5. The molecule has 0 spiro atoms. The van der Waals surface area contributed by atoms with E-state index in [0.717, 1.165) is 27.2 Å². The number of benzene rings is 3. The van der Waals surface area contributed by atoms with Crippen LogP contribution in [0.1, 0.15) is 32.3 Å². The van der Waals surface area contributed by atoms with Crippen LogP contribution in [0, 0.1) is 0 Å². The van der Waals surface area contributed by atoms with Crippen molar-refractivity contribution in [1.82, 2.24) is 4.98 Å². The Morgan fingerprint density at radius 3 is 2.63 bits per heavy atom. The Balaban J connectivity index is 1.61. The lowest BCUT2D eigenvalue weighted by atomic mass is 9.95. The summed E-state index contributed by atoms with van der Waals surface area (Å²) in [5.41, 5.74) is 8.49.